The molecule has 0 aliphatic heterocycles. The average Bonchev–Trinajstić information content (AvgIpc) is 2.10. The van der Waals surface area contributed by atoms with Crippen molar-refractivity contribution >= 4 is 11.6 Å². The summed E-state index contributed by atoms with van der Waals surface area (Å²) in [5, 5.41) is 0. The molecular formula is C11H21Cl. The Bertz CT molecular complexity index is 97.2. The van der Waals surface area contributed by atoms with Gasteiger partial charge in [-0.1, -0.05) is 38.3 Å². The number of unbranched alkanes of at least 4 members (excludes halogenated alkanes) is 5. The summed E-state index contributed by atoms with van der Waals surface area (Å²) in [6.45, 7) is 2.23. The maximum Gasteiger partial charge on any atom is 0.0223 e. The van der Waals surface area contributed by atoms with Gasteiger partial charge < -0.3 is 0 Å². The minimum atomic E-state index is 0.819. The highest BCUT2D eigenvalue weighted by Crippen LogP contribution is 2.03. The van der Waals surface area contributed by atoms with E-state index in [1.165, 1.54) is 44.9 Å². The molecule has 0 aromatic rings. The van der Waals surface area contributed by atoms with E-state index in [2.05, 4.69) is 19.1 Å². The molecule has 0 aromatic heterocycles. The fourth-order valence-corrected chi connectivity index (χ4v) is 1.28. The van der Waals surface area contributed by atoms with Crippen LogP contribution in [0.5, 0.6) is 0 Å². The van der Waals surface area contributed by atoms with E-state index in [0.29, 0.717) is 0 Å². The number of allylic oxidation sites excluding steroid dienone is 2. The zero-order chi connectivity index (χ0) is 9.07. The summed E-state index contributed by atoms with van der Waals surface area (Å²) >= 11 is 5.56. The third kappa shape index (κ3) is 10.0. The Kier molecular flexibility index (Phi) is 11.1. The maximum atomic E-state index is 5.56. The Morgan fingerprint density at radius 3 is 2.17 bits per heavy atom. The molecule has 1 heteroatoms. The van der Waals surface area contributed by atoms with E-state index in [0.717, 1.165) is 5.88 Å². The van der Waals surface area contributed by atoms with Crippen molar-refractivity contribution in [2.75, 3.05) is 5.88 Å². The van der Waals surface area contributed by atoms with Gasteiger partial charge in [0, 0.05) is 5.88 Å². The van der Waals surface area contributed by atoms with Crippen LogP contribution in [0.4, 0.5) is 0 Å². The lowest BCUT2D eigenvalue weighted by Gasteiger charge is -1.93. The van der Waals surface area contributed by atoms with Crippen molar-refractivity contribution in [3.05, 3.63) is 12.2 Å². The van der Waals surface area contributed by atoms with Crippen LogP contribution in [0.2, 0.25) is 0 Å². The lowest BCUT2D eigenvalue weighted by atomic mass is 10.2. The van der Waals surface area contributed by atoms with E-state index >= 15 is 0 Å². The number of alkyl halides is 1. The highest BCUT2D eigenvalue weighted by molar-refractivity contribution is 6.17. The molecule has 0 amide bonds. The first-order chi connectivity index (χ1) is 5.91. The van der Waals surface area contributed by atoms with Crippen molar-refractivity contribution in [3.63, 3.8) is 0 Å². The smallest absolute Gasteiger partial charge is 0.0223 e. The number of rotatable bonds is 8. The molecule has 0 saturated heterocycles. The number of hydrogen-bond acceptors (Lipinski definition) is 0. The van der Waals surface area contributed by atoms with Crippen LogP contribution in [-0.4, -0.2) is 5.88 Å². The normalized spacial score (nSPS) is 11.2. The summed E-state index contributed by atoms with van der Waals surface area (Å²) in [6, 6.07) is 0. The van der Waals surface area contributed by atoms with Gasteiger partial charge in [0.2, 0.25) is 0 Å². The van der Waals surface area contributed by atoms with E-state index in [9.17, 15) is 0 Å². The first-order valence-electron chi connectivity index (χ1n) is 5.12. The summed E-state index contributed by atoms with van der Waals surface area (Å²) in [5.74, 6) is 0.819. The Hall–Kier alpha value is 0.0300. The highest BCUT2D eigenvalue weighted by atomic mass is 35.5. The van der Waals surface area contributed by atoms with Gasteiger partial charge in [-0.3, -0.25) is 0 Å². The fraction of sp³-hybridized carbons (Fsp3) is 0.818. The molecule has 0 fully saturated rings. The third-order valence-electron chi connectivity index (χ3n) is 1.90. The van der Waals surface area contributed by atoms with Crippen LogP contribution in [0.1, 0.15) is 51.9 Å². The lowest BCUT2D eigenvalue weighted by molar-refractivity contribution is 0.729. The molecule has 0 heterocycles. The van der Waals surface area contributed by atoms with Gasteiger partial charge in [0.25, 0.3) is 0 Å². The van der Waals surface area contributed by atoms with Crippen LogP contribution < -0.4 is 0 Å². The second kappa shape index (κ2) is 11.0. The molecule has 0 aromatic carbocycles. The van der Waals surface area contributed by atoms with Crippen LogP contribution in [-0.2, 0) is 0 Å². The van der Waals surface area contributed by atoms with Gasteiger partial charge in [0.1, 0.15) is 0 Å². The Morgan fingerprint density at radius 1 is 0.917 bits per heavy atom. The molecule has 0 bridgehead atoms. The van der Waals surface area contributed by atoms with E-state index in [-0.39, 0.29) is 0 Å². The summed E-state index contributed by atoms with van der Waals surface area (Å²) < 4.78 is 0. The molecular weight excluding hydrogens is 168 g/mol. The minimum Gasteiger partial charge on any atom is -0.127 e. The molecule has 12 heavy (non-hydrogen) atoms. The van der Waals surface area contributed by atoms with Crippen molar-refractivity contribution < 1.29 is 0 Å². The van der Waals surface area contributed by atoms with Gasteiger partial charge in [-0.2, -0.15) is 0 Å². The number of halogens is 1. The molecule has 0 radical (unpaired) electrons. The van der Waals surface area contributed by atoms with Crippen LogP contribution in [0.25, 0.3) is 0 Å². The minimum absolute atomic E-state index is 0.819. The Labute approximate surface area is 82.0 Å². The van der Waals surface area contributed by atoms with Gasteiger partial charge in [0.15, 0.2) is 0 Å². The summed E-state index contributed by atoms with van der Waals surface area (Å²) in [7, 11) is 0. The van der Waals surface area contributed by atoms with Gasteiger partial charge in [-0.25, -0.2) is 0 Å². The first-order valence-corrected chi connectivity index (χ1v) is 5.66. The largest absolute Gasteiger partial charge is 0.127 e. The van der Waals surface area contributed by atoms with E-state index in [1.807, 2.05) is 0 Å². The zero-order valence-corrected chi connectivity index (χ0v) is 8.95. The molecule has 0 N–H and O–H groups in total. The van der Waals surface area contributed by atoms with Crippen LogP contribution in [0, 0.1) is 0 Å². The van der Waals surface area contributed by atoms with Gasteiger partial charge in [0.05, 0.1) is 0 Å². The Morgan fingerprint density at radius 2 is 1.58 bits per heavy atom. The summed E-state index contributed by atoms with van der Waals surface area (Å²) in [4.78, 5) is 0. The SMILES string of the molecule is CCCC/C=C/CCCCCCl. The molecule has 0 nitrogen and oxygen atoms in total. The van der Waals surface area contributed by atoms with Crippen LogP contribution in [0.3, 0.4) is 0 Å². The standard InChI is InChI=1S/C11H21Cl/c1-2-3-4-5-6-7-8-9-10-11-12/h5-6H,2-4,7-11H2,1H3/b6-5+. The molecule has 0 aliphatic rings. The number of hydrogen-bond donors (Lipinski definition) is 0. The second-order valence-electron chi connectivity index (χ2n) is 3.15. The maximum absolute atomic E-state index is 5.56. The first kappa shape index (κ1) is 12.0. The average molecular weight is 189 g/mol. The highest BCUT2D eigenvalue weighted by Gasteiger charge is 1.84. The van der Waals surface area contributed by atoms with Gasteiger partial charge in [-0.15, -0.1) is 11.6 Å². The quantitative estimate of drug-likeness (QED) is 0.298. The lowest BCUT2D eigenvalue weighted by Crippen LogP contribution is -1.76. The molecule has 0 rings (SSSR count). The summed E-state index contributed by atoms with van der Waals surface area (Å²) in [6.07, 6.45) is 13.5. The zero-order valence-electron chi connectivity index (χ0n) is 8.19. The van der Waals surface area contributed by atoms with Gasteiger partial charge >= 0.3 is 0 Å². The van der Waals surface area contributed by atoms with Crippen molar-refractivity contribution in [1.29, 1.82) is 0 Å². The third-order valence-corrected chi connectivity index (χ3v) is 2.16. The molecule has 0 atom stereocenters. The monoisotopic (exact) mass is 188 g/mol. The van der Waals surface area contributed by atoms with Crippen molar-refractivity contribution in [1.82, 2.24) is 0 Å². The molecule has 0 spiro atoms. The Balaban J connectivity index is 2.92. The van der Waals surface area contributed by atoms with Crippen molar-refractivity contribution in [2.45, 2.75) is 51.9 Å². The summed E-state index contributed by atoms with van der Waals surface area (Å²) in [5.41, 5.74) is 0. The second-order valence-corrected chi connectivity index (χ2v) is 3.53. The van der Waals surface area contributed by atoms with E-state index < -0.39 is 0 Å². The van der Waals surface area contributed by atoms with Gasteiger partial charge in [-0.05, 0) is 25.7 Å². The molecule has 0 saturated carbocycles. The van der Waals surface area contributed by atoms with Crippen molar-refractivity contribution in [3.8, 4) is 0 Å². The molecule has 0 unspecified atom stereocenters. The molecule has 0 aliphatic carbocycles. The molecule has 72 valence electrons. The predicted octanol–water partition coefficient (Wildman–Crippen LogP) is 4.53. The van der Waals surface area contributed by atoms with E-state index in [1.54, 1.807) is 0 Å². The van der Waals surface area contributed by atoms with Crippen molar-refractivity contribution in [2.24, 2.45) is 0 Å². The van der Waals surface area contributed by atoms with Crippen LogP contribution >= 0.6 is 11.6 Å². The predicted molar refractivity (Wildman–Crippen MR) is 57.9 cm³/mol. The van der Waals surface area contributed by atoms with E-state index in [4.69, 9.17) is 11.6 Å². The fourth-order valence-electron chi connectivity index (χ4n) is 1.09. The topological polar surface area (TPSA) is 0 Å². The van der Waals surface area contributed by atoms with Crippen LogP contribution in [0.15, 0.2) is 12.2 Å².